The third-order valence-electron chi connectivity index (χ3n) is 2.76. The molecule has 2 heterocycles. The molecule has 2 rings (SSSR count). The summed E-state index contributed by atoms with van der Waals surface area (Å²) in [4.78, 5) is 12.8. The van der Waals surface area contributed by atoms with Crippen molar-refractivity contribution < 1.29 is 0 Å². The van der Waals surface area contributed by atoms with E-state index in [1.165, 1.54) is 0 Å². The van der Waals surface area contributed by atoms with Gasteiger partial charge in [-0.05, 0) is 13.3 Å². The van der Waals surface area contributed by atoms with Crippen LogP contribution in [0.25, 0.3) is 0 Å². The van der Waals surface area contributed by atoms with Crippen LogP contribution in [0.5, 0.6) is 0 Å². The van der Waals surface area contributed by atoms with E-state index in [-0.39, 0.29) is 0 Å². The Balaban J connectivity index is 2.09. The van der Waals surface area contributed by atoms with Crippen LogP contribution in [0.4, 0.5) is 5.82 Å². The zero-order valence-corrected chi connectivity index (χ0v) is 10.9. The molecule has 0 saturated carbocycles. The molecule has 0 aliphatic heterocycles. The Labute approximate surface area is 107 Å². The standard InChI is InChI=1S/C13H19N5/c1-3-5-14-12-8-11(16-10-17-12)9-13-15-6-7-18(13)4-2/h6-8,10H,3-5,9H2,1-2H3,(H,14,16,17). The average molecular weight is 245 g/mol. The number of anilines is 1. The van der Waals surface area contributed by atoms with Gasteiger partial charge in [0.15, 0.2) is 0 Å². The Morgan fingerprint density at radius 3 is 2.89 bits per heavy atom. The molecule has 0 unspecified atom stereocenters. The largest absolute Gasteiger partial charge is 0.370 e. The fourth-order valence-corrected chi connectivity index (χ4v) is 1.80. The molecular formula is C13H19N5. The molecule has 5 nitrogen and oxygen atoms in total. The Bertz CT molecular complexity index is 492. The van der Waals surface area contributed by atoms with Crippen LogP contribution < -0.4 is 5.32 Å². The lowest BCUT2D eigenvalue weighted by molar-refractivity contribution is 0.708. The molecule has 2 aromatic rings. The van der Waals surface area contributed by atoms with Gasteiger partial charge in [0.2, 0.25) is 0 Å². The summed E-state index contributed by atoms with van der Waals surface area (Å²) in [6, 6.07) is 1.99. The third kappa shape index (κ3) is 3.06. The van der Waals surface area contributed by atoms with Gasteiger partial charge in [0.05, 0.1) is 5.69 Å². The lowest BCUT2D eigenvalue weighted by Crippen LogP contribution is -2.06. The smallest absolute Gasteiger partial charge is 0.129 e. The Hall–Kier alpha value is -1.91. The minimum absolute atomic E-state index is 0.740. The van der Waals surface area contributed by atoms with Gasteiger partial charge in [-0.2, -0.15) is 0 Å². The van der Waals surface area contributed by atoms with Crippen LogP contribution in [0, 0.1) is 0 Å². The van der Waals surface area contributed by atoms with Crippen LogP contribution in [-0.2, 0) is 13.0 Å². The molecule has 96 valence electrons. The Morgan fingerprint density at radius 2 is 2.11 bits per heavy atom. The van der Waals surface area contributed by atoms with E-state index in [0.29, 0.717) is 0 Å². The van der Waals surface area contributed by atoms with Crippen LogP contribution in [0.3, 0.4) is 0 Å². The molecule has 5 heteroatoms. The van der Waals surface area contributed by atoms with Crippen molar-refractivity contribution in [3.8, 4) is 0 Å². The van der Waals surface area contributed by atoms with Crippen LogP contribution >= 0.6 is 0 Å². The lowest BCUT2D eigenvalue weighted by atomic mass is 10.2. The predicted octanol–water partition coefficient (Wildman–Crippen LogP) is 2.11. The second-order valence-electron chi connectivity index (χ2n) is 4.13. The maximum atomic E-state index is 4.36. The summed E-state index contributed by atoms with van der Waals surface area (Å²) in [7, 11) is 0. The molecule has 0 fully saturated rings. The highest BCUT2D eigenvalue weighted by Gasteiger charge is 2.05. The number of aromatic nitrogens is 4. The number of rotatable bonds is 6. The average Bonchev–Trinajstić information content (AvgIpc) is 2.84. The maximum Gasteiger partial charge on any atom is 0.129 e. The van der Waals surface area contributed by atoms with Crippen molar-refractivity contribution in [2.75, 3.05) is 11.9 Å². The fraction of sp³-hybridized carbons (Fsp3) is 0.462. The molecule has 0 aliphatic carbocycles. The molecule has 0 amide bonds. The van der Waals surface area contributed by atoms with Gasteiger partial charge < -0.3 is 9.88 Å². The first-order chi connectivity index (χ1) is 8.83. The molecule has 0 aliphatic rings. The quantitative estimate of drug-likeness (QED) is 0.846. The van der Waals surface area contributed by atoms with E-state index in [1.54, 1.807) is 6.33 Å². The molecule has 1 N–H and O–H groups in total. The van der Waals surface area contributed by atoms with E-state index in [9.17, 15) is 0 Å². The van der Waals surface area contributed by atoms with Crippen molar-refractivity contribution in [1.29, 1.82) is 0 Å². The van der Waals surface area contributed by atoms with Gasteiger partial charge in [0.1, 0.15) is 18.0 Å². The number of nitrogens with one attached hydrogen (secondary N) is 1. The highest BCUT2D eigenvalue weighted by molar-refractivity contribution is 5.35. The van der Waals surface area contributed by atoms with Gasteiger partial charge in [0, 0.05) is 38.0 Å². The molecule has 18 heavy (non-hydrogen) atoms. The second-order valence-corrected chi connectivity index (χ2v) is 4.13. The molecule has 0 bridgehead atoms. The van der Waals surface area contributed by atoms with E-state index in [0.717, 1.165) is 43.3 Å². The maximum absolute atomic E-state index is 4.36. The van der Waals surface area contributed by atoms with E-state index in [4.69, 9.17) is 0 Å². The van der Waals surface area contributed by atoms with Gasteiger partial charge in [-0.15, -0.1) is 0 Å². The van der Waals surface area contributed by atoms with Crippen LogP contribution in [0.15, 0.2) is 24.8 Å². The summed E-state index contributed by atoms with van der Waals surface area (Å²) >= 11 is 0. The number of hydrogen-bond donors (Lipinski definition) is 1. The van der Waals surface area contributed by atoms with Crippen LogP contribution in [0.2, 0.25) is 0 Å². The van der Waals surface area contributed by atoms with Crippen molar-refractivity contribution in [1.82, 2.24) is 19.5 Å². The van der Waals surface area contributed by atoms with Crippen molar-refractivity contribution in [3.63, 3.8) is 0 Å². The monoisotopic (exact) mass is 245 g/mol. The number of aryl methyl sites for hydroxylation is 1. The first kappa shape index (κ1) is 12.5. The Morgan fingerprint density at radius 1 is 1.22 bits per heavy atom. The van der Waals surface area contributed by atoms with Crippen molar-refractivity contribution in [2.24, 2.45) is 0 Å². The number of imidazole rings is 1. The molecule has 2 aromatic heterocycles. The van der Waals surface area contributed by atoms with Crippen LogP contribution in [0.1, 0.15) is 31.8 Å². The molecule has 0 saturated heterocycles. The molecule has 0 atom stereocenters. The molecule has 0 aromatic carbocycles. The summed E-state index contributed by atoms with van der Waals surface area (Å²) in [5, 5.41) is 3.26. The highest BCUT2D eigenvalue weighted by Crippen LogP contribution is 2.09. The molecule has 0 radical (unpaired) electrons. The lowest BCUT2D eigenvalue weighted by Gasteiger charge is -2.06. The second kappa shape index (κ2) is 6.14. The third-order valence-corrected chi connectivity index (χ3v) is 2.76. The highest BCUT2D eigenvalue weighted by atomic mass is 15.1. The van der Waals surface area contributed by atoms with Gasteiger partial charge in [0.25, 0.3) is 0 Å². The molecular weight excluding hydrogens is 226 g/mol. The number of nitrogens with zero attached hydrogens (tertiary/aromatic N) is 4. The minimum atomic E-state index is 0.740. The summed E-state index contributed by atoms with van der Waals surface area (Å²) in [6.45, 7) is 6.11. The Kier molecular flexibility index (Phi) is 4.28. The zero-order chi connectivity index (χ0) is 12.8. The van der Waals surface area contributed by atoms with E-state index in [2.05, 4.69) is 38.7 Å². The van der Waals surface area contributed by atoms with Crippen molar-refractivity contribution in [3.05, 3.63) is 36.3 Å². The van der Waals surface area contributed by atoms with Gasteiger partial charge >= 0.3 is 0 Å². The summed E-state index contributed by atoms with van der Waals surface area (Å²) < 4.78 is 2.13. The summed E-state index contributed by atoms with van der Waals surface area (Å²) in [5.74, 6) is 1.93. The van der Waals surface area contributed by atoms with Gasteiger partial charge in [-0.3, -0.25) is 0 Å². The number of hydrogen-bond acceptors (Lipinski definition) is 4. The fourth-order valence-electron chi connectivity index (χ4n) is 1.80. The van der Waals surface area contributed by atoms with E-state index in [1.807, 2.05) is 18.5 Å². The normalized spacial score (nSPS) is 10.6. The van der Waals surface area contributed by atoms with Crippen molar-refractivity contribution in [2.45, 2.75) is 33.2 Å². The minimum Gasteiger partial charge on any atom is -0.370 e. The van der Waals surface area contributed by atoms with Gasteiger partial charge in [-0.1, -0.05) is 6.92 Å². The first-order valence-electron chi connectivity index (χ1n) is 6.38. The van der Waals surface area contributed by atoms with Gasteiger partial charge in [-0.25, -0.2) is 15.0 Å². The van der Waals surface area contributed by atoms with Crippen molar-refractivity contribution >= 4 is 5.82 Å². The first-order valence-corrected chi connectivity index (χ1v) is 6.38. The summed E-state index contributed by atoms with van der Waals surface area (Å²) in [5.41, 5.74) is 0.990. The summed E-state index contributed by atoms with van der Waals surface area (Å²) in [6.07, 6.45) is 7.25. The van der Waals surface area contributed by atoms with E-state index >= 15 is 0 Å². The molecule has 0 spiro atoms. The SMILES string of the molecule is CCCNc1cc(Cc2nccn2CC)ncn1. The predicted molar refractivity (Wildman–Crippen MR) is 71.5 cm³/mol. The zero-order valence-electron chi connectivity index (χ0n) is 10.9. The topological polar surface area (TPSA) is 55.6 Å². The van der Waals surface area contributed by atoms with E-state index < -0.39 is 0 Å². The van der Waals surface area contributed by atoms with Crippen LogP contribution in [-0.4, -0.2) is 26.1 Å².